The second kappa shape index (κ2) is 14.3. The topological polar surface area (TPSA) is 91.8 Å². The van der Waals surface area contributed by atoms with Crippen LogP contribution in [0.2, 0.25) is 0 Å². The zero-order valence-electron chi connectivity index (χ0n) is 34.2. The van der Waals surface area contributed by atoms with E-state index in [4.69, 9.17) is 14.2 Å². The van der Waals surface area contributed by atoms with Crippen molar-refractivity contribution in [1.82, 2.24) is 0 Å². The summed E-state index contributed by atoms with van der Waals surface area (Å²) in [5.41, 5.74) is 7.16. The van der Waals surface area contributed by atoms with Gasteiger partial charge in [-0.05, 0) is 101 Å². The monoisotopic (exact) mass is 785 g/mol. The first-order valence-corrected chi connectivity index (χ1v) is 20.4. The van der Waals surface area contributed by atoms with Crippen LogP contribution in [0.1, 0.15) is 87.4 Å². The minimum atomic E-state index is -1.37. The Bertz CT molecular complexity index is 2650. The van der Waals surface area contributed by atoms with Crippen molar-refractivity contribution in [2.75, 3.05) is 47.9 Å². The van der Waals surface area contributed by atoms with E-state index >= 15 is 0 Å². The molecule has 3 aliphatic rings. The molecule has 0 aromatic heterocycles. The average molecular weight is 786 g/mol. The number of esters is 2. The fourth-order valence-corrected chi connectivity index (χ4v) is 9.39. The summed E-state index contributed by atoms with van der Waals surface area (Å²) in [6, 6.07) is 38.7. The van der Waals surface area contributed by atoms with E-state index in [1.807, 2.05) is 111 Å². The van der Waals surface area contributed by atoms with E-state index in [-0.39, 0.29) is 11.7 Å². The van der Waals surface area contributed by atoms with E-state index in [2.05, 4.69) is 54.5 Å². The molecule has 0 bridgehead atoms. The van der Waals surface area contributed by atoms with Crippen molar-refractivity contribution in [2.45, 2.75) is 45.8 Å². The van der Waals surface area contributed by atoms with Gasteiger partial charge in [0.05, 0.1) is 11.1 Å². The lowest BCUT2D eigenvalue weighted by molar-refractivity contribution is 0.0220. The summed E-state index contributed by atoms with van der Waals surface area (Å²) in [6.45, 7) is 13.7. The lowest BCUT2D eigenvalue weighted by Crippen LogP contribution is -2.33. The van der Waals surface area contributed by atoms with Crippen LogP contribution in [-0.2, 0) is 20.7 Å². The quantitative estimate of drug-likeness (QED) is 0.136. The van der Waals surface area contributed by atoms with Gasteiger partial charge >= 0.3 is 11.9 Å². The number of carbonyl (C=O) groups is 2. The van der Waals surface area contributed by atoms with Crippen LogP contribution >= 0.6 is 0 Å². The first-order valence-electron chi connectivity index (χ1n) is 20.4. The van der Waals surface area contributed by atoms with E-state index in [1.165, 1.54) is 0 Å². The minimum Gasteiger partial charge on any atom is -0.507 e. The Morgan fingerprint density at radius 3 is 1.64 bits per heavy atom. The number of rotatable bonds is 10. The summed E-state index contributed by atoms with van der Waals surface area (Å²) in [4.78, 5) is 33.7. The van der Waals surface area contributed by atoms with Crippen molar-refractivity contribution in [3.8, 4) is 17.2 Å². The molecule has 2 unspecified atom stereocenters. The van der Waals surface area contributed by atoms with Crippen molar-refractivity contribution < 1.29 is 28.9 Å². The number of aryl methyl sites for hydroxylation is 1. The highest BCUT2D eigenvalue weighted by Crippen LogP contribution is 2.58. The molecule has 0 aliphatic carbocycles. The Kier molecular flexibility index (Phi) is 9.15. The molecule has 0 amide bonds. The van der Waals surface area contributed by atoms with E-state index in [1.54, 1.807) is 12.1 Å². The maximum absolute atomic E-state index is 13.7. The third kappa shape index (κ3) is 5.58. The molecule has 6 aromatic rings. The van der Waals surface area contributed by atoms with Gasteiger partial charge in [0.1, 0.15) is 17.2 Å². The number of phenolic OH excluding ortho intramolecular Hbond substituents is 1. The van der Waals surface area contributed by atoms with Gasteiger partial charge in [-0.15, -0.1) is 0 Å². The molecule has 3 aliphatic heterocycles. The first-order chi connectivity index (χ1) is 28.6. The van der Waals surface area contributed by atoms with Crippen LogP contribution in [0.25, 0.3) is 0 Å². The average Bonchev–Trinajstić information content (AvgIpc) is 3.72. The summed E-state index contributed by atoms with van der Waals surface area (Å²) in [5.74, 6) is 0.490. The van der Waals surface area contributed by atoms with Gasteiger partial charge in [-0.2, -0.15) is 0 Å². The third-order valence-corrected chi connectivity index (χ3v) is 12.4. The van der Waals surface area contributed by atoms with E-state index < -0.39 is 17.2 Å². The molecule has 9 heteroatoms. The second-order valence-corrected chi connectivity index (χ2v) is 15.3. The Morgan fingerprint density at radius 2 is 1.05 bits per heavy atom. The number of hydrogen-bond acceptors (Lipinski definition) is 9. The van der Waals surface area contributed by atoms with Gasteiger partial charge in [0.25, 0.3) is 0 Å². The number of nitrogens with zero attached hydrogens (tertiary/aromatic N) is 3. The molecular weight excluding hydrogens is 739 g/mol. The van der Waals surface area contributed by atoms with Gasteiger partial charge in [-0.25, -0.2) is 9.59 Å². The van der Waals surface area contributed by atoms with Crippen molar-refractivity contribution in [2.24, 2.45) is 0 Å². The number of aromatic hydroxyl groups is 1. The fourth-order valence-electron chi connectivity index (χ4n) is 9.39. The second-order valence-electron chi connectivity index (χ2n) is 15.3. The molecule has 0 saturated heterocycles. The molecule has 1 N–H and O–H groups in total. The Morgan fingerprint density at radius 1 is 0.542 bits per heavy atom. The Balaban J connectivity index is 1.14. The van der Waals surface area contributed by atoms with Crippen LogP contribution in [0.5, 0.6) is 17.2 Å². The van der Waals surface area contributed by atoms with Crippen LogP contribution in [-0.4, -0.2) is 50.3 Å². The van der Waals surface area contributed by atoms with Gasteiger partial charge in [-0.1, -0.05) is 48.5 Å². The highest BCUT2D eigenvalue weighted by atomic mass is 16.6. The molecule has 9 nitrogen and oxygen atoms in total. The molecule has 59 heavy (non-hydrogen) atoms. The van der Waals surface area contributed by atoms with E-state index in [9.17, 15) is 14.7 Å². The molecule has 1 spiro atoms. The Labute approximate surface area is 345 Å². The number of fused-ring (bicyclic) bond motifs is 7. The maximum atomic E-state index is 13.7. The number of hydrogen-bond donors (Lipinski definition) is 1. The number of ether oxygens (including phenoxy) is 3. The van der Waals surface area contributed by atoms with Gasteiger partial charge in [0.2, 0.25) is 0 Å². The minimum absolute atomic E-state index is 0.0426. The first kappa shape index (κ1) is 37.8. The molecular formula is C50H47N3O6. The van der Waals surface area contributed by atoms with Crippen molar-refractivity contribution in [1.29, 1.82) is 0 Å². The smallest absolute Gasteiger partial charge is 0.340 e. The van der Waals surface area contributed by atoms with Crippen LogP contribution in [0, 0.1) is 6.92 Å². The molecule has 6 aromatic carbocycles. The van der Waals surface area contributed by atoms with Gasteiger partial charge in [0, 0.05) is 101 Å². The normalized spacial score (nSPS) is 18.3. The summed E-state index contributed by atoms with van der Waals surface area (Å²) < 4.78 is 19.6. The number of cyclic esters (lactones) is 1. The zero-order valence-corrected chi connectivity index (χ0v) is 34.2. The highest BCUT2D eigenvalue weighted by molar-refractivity contribution is 5.98. The molecule has 0 saturated carbocycles. The number of phenols is 1. The number of anilines is 4. The Hall–Kier alpha value is -6.74. The molecule has 3 heterocycles. The van der Waals surface area contributed by atoms with Crippen molar-refractivity contribution in [3.05, 3.63) is 171 Å². The fraction of sp³-hybridized carbons (Fsp3) is 0.240. The largest absolute Gasteiger partial charge is 0.507 e. The standard InChI is InChI=1S/C50H47N3O6/c1-7-52(8-2)34-23-25-40(44(54)28-34)49(38-17-13-11-15-36(38)47(55)58-49)32-19-21-33(22-20-32)51(6)43-30-42-45(27-31(43)5)57-46-29-35(53(9-3)10-4)24-26-41(46)50(42)39-18-14-12-16-37(39)48(56)59-50/h11-30,54H,7-10H2,1-6H3. The number of benzene rings is 6. The molecule has 0 radical (unpaired) electrons. The van der Waals surface area contributed by atoms with Gasteiger partial charge in [-0.3, -0.25) is 0 Å². The SMILES string of the molecule is CCN(CC)c1ccc(C2(c3ccc(N(C)c4cc5c(cc4C)Oc4cc(N(CC)CC)ccc4C54OC(=O)c5ccccc54)cc3)OC(=O)c3ccccc32)c(O)c1. The van der Waals surface area contributed by atoms with E-state index in [0.717, 1.165) is 71.2 Å². The lowest BCUT2D eigenvalue weighted by atomic mass is 9.77. The van der Waals surface area contributed by atoms with Gasteiger partial charge < -0.3 is 34.0 Å². The summed E-state index contributed by atoms with van der Waals surface area (Å²) >= 11 is 0. The van der Waals surface area contributed by atoms with Crippen LogP contribution < -0.4 is 19.4 Å². The summed E-state index contributed by atoms with van der Waals surface area (Å²) in [6.07, 6.45) is 0. The van der Waals surface area contributed by atoms with Crippen LogP contribution in [0.15, 0.2) is 121 Å². The van der Waals surface area contributed by atoms with Crippen LogP contribution in [0.3, 0.4) is 0 Å². The zero-order chi connectivity index (χ0) is 41.2. The molecule has 0 fully saturated rings. The molecule has 298 valence electrons. The van der Waals surface area contributed by atoms with Gasteiger partial charge in [0.15, 0.2) is 11.2 Å². The van der Waals surface area contributed by atoms with Crippen LogP contribution in [0.4, 0.5) is 22.7 Å². The van der Waals surface area contributed by atoms with Crippen molar-refractivity contribution >= 4 is 34.7 Å². The van der Waals surface area contributed by atoms with E-state index in [0.29, 0.717) is 39.3 Å². The predicted molar refractivity (Wildman–Crippen MR) is 231 cm³/mol. The molecule has 9 rings (SSSR count). The highest BCUT2D eigenvalue weighted by Gasteiger charge is 2.54. The third-order valence-electron chi connectivity index (χ3n) is 12.4. The lowest BCUT2D eigenvalue weighted by Gasteiger charge is -2.38. The summed E-state index contributed by atoms with van der Waals surface area (Å²) in [7, 11) is 2.00. The van der Waals surface area contributed by atoms with Crippen molar-refractivity contribution in [3.63, 3.8) is 0 Å². The summed E-state index contributed by atoms with van der Waals surface area (Å²) in [5, 5.41) is 11.7. The molecule has 2 atom stereocenters. The maximum Gasteiger partial charge on any atom is 0.340 e. The predicted octanol–water partition coefficient (Wildman–Crippen LogP) is 10.2. The number of carbonyl (C=O) groups excluding carboxylic acids is 2.